The topological polar surface area (TPSA) is 76.1 Å². The van der Waals surface area contributed by atoms with Crippen LogP contribution in [0.5, 0.6) is 5.88 Å². The van der Waals surface area contributed by atoms with E-state index in [4.69, 9.17) is 4.74 Å². The van der Waals surface area contributed by atoms with Crippen LogP contribution < -0.4 is 15.4 Å². The first kappa shape index (κ1) is 13.8. The van der Waals surface area contributed by atoms with Gasteiger partial charge in [-0.05, 0) is 25.1 Å². The summed E-state index contributed by atoms with van der Waals surface area (Å²) in [6, 6.07) is 6.88. The second kappa shape index (κ2) is 6.51. The summed E-state index contributed by atoms with van der Waals surface area (Å²) >= 11 is 0. The van der Waals surface area contributed by atoms with Gasteiger partial charge in [-0.2, -0.15) is 0 Å². The van der Waals surface area contributed by atoms with Crippen LogP contribution in [0.4, 0.5) is 11.4 Å². The molecule has 0 bridgehead atoms. The van der Waals surface area contributed by atoms with E-state index >= 15 is 0 Å². The number of aromatic nitrogens is 2. The Morgan fingerprint density at radius 1 is 1.15 bits per heavy atom. The van der Waals surface area contributed by atoms with Crippen LogP contribution in [0.3, 0.4) is 0 Å². The van der Waals surface area contributed by atoms with Gasteiger partial charge >= 0.3 is 0 Å². The van der Waals surface area contributed by atoms with Gasteiger partial charge in [0.2, 0.25) is 5.88 Å². The van der Waals surface area contributed by atoms with Gasteiger partial charge < -0.3 is 15.4 Å². The number of nitrogens with one attached hydrogen (secondary N) is 2. The van der Waals surface area contributed by atoms with E-state index < -0.39 is 0 Å². The van der Waals surface area contributed by atoms with Gasteiger partial charge in [0.25, 0.3) is 5.91 Å². The Bertz CT molecular complexity index is 567. The van der Waals surface area contributed by atoms with Crippen molar-refractivity contribution in [3.8, 4) is 5.88 Å². The number of carbonyl (C=O) groups excluding carboxylic acids is 1. The zero-order valence-electron chi connectivity index (χ0n) is 11.4. The molecule has 20 heavy (non-hydrogen) atoms. The molecule has 0 spiro atoms. The Labute approximate surface area is 117 Å². The molecule has 0 aliphatic carbocycles. The summed E-state index contributed by atoms with van der Waals surface area (Å²) in [5.74, 6) is 0.219. The summed E-state index contributed by atoms with van der Waals surface area (Å²) in [4.78, 5) is 20.1. The number of ether oxygens (including phenoxy) is 1. The predicted octanol–water partition coefficient (Wildman–Crippen LogP) is 2.17. The second-order valence-electron chi connectivity index (χ2n) is 4.01. The van der Waals surface area contributed by atoms with E-state index in [9.17, 15) is 4.79 Å². The molecule has 0 radical (unpaired) electrons. The summed E-state index contributed by atoms with van der Waals surface area (Å²) in [7, 11) is 1.54. The molecule has 2 rings (SSSR count). The van der Waals surface area contributed by atoms with E-state index in [1.54, 1.807) is 24.4 Å². The van der Waals surface area contributed by atoms with E-state index in [2.05, 4.69) is 20.6 Å². The van der Waals surface area contributed by atoms with Crippen LogP contribution in [0.15, 0.2) is 36.7 Å². The third kappa shape index (κ3) is 3.44. The lowest BCUT2D eigenvalue weighted by Crippen LogP contribution is -2.14. The van der Waals surface area contributed by atoms with E-state index in [-0.39, 0.29) is 5.91 Å². The first-order chi connectivity index (χ1) is 9.72. The highest BCUT2D eigenvalue weighted by Crippen LogP contribution is 2.12. The number of methoxy groups -OCH3 is 1. The molecule has 2 aromatic rings. The maximum Gasteiger partial charge on any atom is 0.274 e. The highest BCUT2D eigenvalue weighted by atomic mass is 16.5. The van der Waals surface area contributed by atoms with Crippen LogP contribution in [-0.4, -0.2) is 29.5 Å². The molecular weight excluding hydrogens is 256 g/mol. The van der Waals surface area contributed by atoms with Gasteiger partial charge in [-0.3, -0.25) is 4.79 Å². The van der Waals surface area contributed by atoms with Crippen molar-refractivity contribution >= 4 is 17.3 Å². The lowest BCUT2D eigenvalue weighted by molar-refractivity contribution is 0.102. The molecule has 0 fully saturated rings. The van der Waals surface area contributed by atoms with Crippen molar-refractivity contribution in [1.29, 1.82) is 0 Å². The number of pyridine rings is 2. The molecule has 0 unspecified atom stereocenters. The quantitative estimate of drug-likeness (QED) is 0.872. The molecular formula is C14H16N4O2. The molecule has 1 amide bonds. The molecule has 0 saturated heterocycles. The lowest BCUT2D eigenvalue weighted by Gasteiger charge is -2.06. The molecule has 0 atom stereocenters. The third-order valence-electron chi connectivity index (χ3n) is 2.58. The predicted molar refractivity (Wildman–Crippen MR) is 77.1 cm³/mol. The minimum Gasteiger partial charge on any atom is -0.481 e. The van der Waals surface area contributed by atoms with Crippen molar-refractivity contribution in [1.82, 2.24) is 9.97 Å². The number of amides is 1. The minimum atomic E-state index is -0.278. The first-order valence-electron chi connectivity index (χ1n) is 6.24. The van der Waals surface area contributed by atoms with Crippen LogP contribution >= 0.6 is 0 Å². The Hall–Kier alpha value is -2.63. The number of anilines is 2. The molecule has 6 nitrogen and oxygen atoms in total. The Morgan fingerprint density at radius 3 is 2.45 bits per heavy atom. The van der Waals surface area contributed by atoms with Crippen molar-refractivity contribution in [2.45, 2.75) is 6.92 Å². The molecule has 0 aromatic carbocycles. The Balaban J connectivity index is 2.03. The number of hydrogen-bond acceptors (Lipinski definition) is 5. The zero-order chi connectivity index (χ0) is 14.4. The monoisotopic (exact) mass is 272 g/mol. The molecule has 0 saturated carbocycles. The Kier molecular flexibility index (Phi) is 4.49. The average Bonchev–Trinajstić information content (AvgIpc) is 2.49. The van der Waals surface area contributed by atoms with E-state index in [1.807, 2.05) is 13.0 Å². The van der Waals surface area contributed by atoms with Gasteiger partial charge in [-0.25, -0.2) is 9.97 Å². The van der Waals surface area contributed by atoms with Crippen molar-refractivity contribution in [3.63, 3.8) is 0 Å². The van der Waals surface area contributed by atoms with Crippen LogP contribution in [0.25, 0.3) is 0 Å². The molecule has 6 heteroatoms. The smallest absolute Gasteiger partial charge is 0.274 e. The number of carbonyl (C=O) groups is 1. The highest BCUT2D eigenvalue weighted by molar-refractivity contribution is 6.02. The fraction of sp³-hybridized carbons (Fsp3) is 0.214. The largest absolute Gasteiger partial charge is 0.481 e. The molecule has 0 aliphatic rings. The van der Waals surface area contributed by atoms with E-state index in [0.29, 0.717) is 17.3 Å². The molecule has 2 heterocycles. The van der Waals surface area contributed by atoms with Crippen molar-refractivity contribution in [2.24, 2.45) is 0 Å². The van der Waals surface area contributed by atoms with Crippen LogP contribution in [0.1, 0.15) is 17.4 Å². The van der Waals surface area contributed by atoms with Gasteiger partial charge in [-0.15, -0.1) is 0 Å². The van der Waals surface area contributed by atoms with Gasteiger partial charge in [0.1, 0.15) is 5.69 Å². The van der Waals surface area contributed by atoms with E-state index in [1.165, 1.54) is 13.3 Å². The molecule has 104 valence electrons. The third-order valence-corrected chi connectivity index (χ3v) is 2.58. The summed E-state index contributed by atoms with van der Waals surface area (Å²) in [5.41, 5.74) is 1.82. The first-order valence-corrected chi connectivity index (χ1v) is 6.24. The number of hydrogen-bond donors (Lipinski definition) is 2. The summed E-state index contributed by atoms with van der Waals surface area (Å²) in [5, 5.41) is 5.84. The van der Waals surface area contributed by atoms with Gasteiger partial charge in [0.05, 0.1) is 30.9 Å². The van der Waals surface area contributed by atoms with Gasteiger partial charge in [-0.1, -0.05) is 0 Å². The summed E-state index contributed by atoms with van der Waals surface area (Å²) < 4.78 is 4.95. The molecule has 2 N–H and O–H groups in total. The normalized spacial score (nSPS) is 9.90. The van der Waals surface area contributed by atoms with Crippen LogP contribution in [0.2, 0.25) is 0 Å². The van der Waals surface area contributed by atoms with E-state index in [0.717, 1.165) is 12.2 Å². The molecule has 0 aliphatic heterocycles. The Morgan fingerprint density at radius 2 is 1.90 bits per heavy atom. The minimum absolute atomic E-state index is 0.278. The fourth-order valence-corrected chi connectivity index (χ4v) is 1.61. The highest BCUT2D eigenvalue weighted by Gasteiger charge is 2.07. The van der Waals surface area contributed by atoms with Crippen LogP contribution in [-0.2, 0) is 0 Å². The lowest BCUT2D eigenvalue weighted by atomic mass is 10.3. The number of nitrogens with zero attached hydrogens (tertiary/aromatic N) is 2. The summed E-state index contributed by atoms with van der Waals surface area (Å²) in [6.07, 6.45) is 3.16. The molecule has 2 aromatic heterocycles. The maximum atomic E-state index is 12.0. The van der Waals surface area contributed by atoms with Crippen molar-refractivity contribution in [2.75, 3.05) is 24.3 Å². The van der Waals surface area contributed by atoms with Crippen LogP contribution in [0, 0.1) is 0 Å². The second-order valence-corrected chi connectivity index (χ2v) is 4.01. The van der Waals surface area contributed by atoms with Gasteiger partial charge in [0.15, 0.2) is 0 Å². The zero-order valence-corrected chi connectivity index (χ0v) is 11.4. The summed E-state index contributed by atoms with van der Waals surface area (Å²) in [6.45, 7) is 2.81. The number of rotatable bonds is 5. The van der Waals surface area contributed by atoms with Crippen molar-refractivity contribution < 1.29 is 9.53 Å². The SMILES string of the molecule is CCNc1ccc(C(=O)Nc2ccc(OC)nc2)nc1. The average molecular weight is 272 g/mol. The van der Waals surface area contributed by atoms with Crippen molar-refractivity contribution in [3.05, 3.63) is 42.4 Å². The fourth-order valence-electron chi connectivity index (χ4n) is 1.61. The standard InChI is InChI=1S/C14H16N4O2/c1-3-15-10-4-6-12(16-8-10)14(19)18-11-5-7-13(20-2)17-9-11/h4-9,15H,3H2,1-2H3,(H,18,19). The van der Waals surface area contributed by atoms with Gasteiger partial charge in [0, 0.05) is 12.6 Å². The maximum absolute atomic E-state index is 12.0.